The maximum Gasteiger partial charge on any atom is 0.408 e. The predicted octanol–water partition coefficient (Wildman–Crippen LogP) is 1.70. The van der Waals surface area contributed by atoms with E-state index < -0.39 is 23.7 Å². The first-order chi connectivity index (χ1) is 9.19. The molecule has 5 nitrogen and oxygen atoms in total. The summed E-state index contributed by atoms with van der Waals surface area (Å²) < 4.78 is 5.15. The molecule has 0 bridgehead atoms. The van der Waals surface area contributed by atoms with Crippen LogP contribution in [0.1, 0.15) is 44.4 Å². The molecular weight excluding hydrogens is 258 g/mol. The van der Waals surface area contributed by atoms with Crippen molar-refractivity contribution in [2.75, 3.05) is 0 Å². The van der Waals surface area contributed by atoms with Crippen molar-refractivity contribution in [2.24, 2.45) is 0 Å². The normalized spacial score (nSPS) is 12.6. The molecule has 0 spiro atoms. The molecule has 0 saturated heterocycles. The van der Waals surface area contributed by atoms with Gasteiger partial charge in [-0.15, -0.1) is 0 Å². The standard InChI is InChI=1S/C15H21NO4/c1-10-7-5-6-8-11(10)12(9-13(17)18)16-14(19)20-15(2,3)4/h5-8,12H,9H2,1-4H3,(H,16,19)(H,17,18)/p-1/t12-/m0/s1. The fraction of sp³-hybridized carbons (Fsp3) is 0.467. The van der Waals surface area contributed by atoms with Gasteiger partial charge in [-0.25, -0.2) is 4.79 Å². The molecule has 1 rings (SSSR count). The number of hydrogen-bond donors (Lipinski definition) is 1. The maximum absolute atomic E-state index is 11.8. The zero-order valence-electron chi connectivity index (χ0n) is 12.2. The van der Waals surface area contributed by atoms with E-state index in [1.807, 2.05) is 19.1 Å². The second-order valence-electron chi connectivity index (χ2n) is 5.63. The van der Waals surface area contributed by atoms with Gasteiger partial charge in [-0.2, -0.15) is 0 Å². The number of rotatable bonds is 4. The van der Waals surface area contributed by atoms with Crippen LogP contribution >= 0.6 is 0 Å². The molecular formula is C15H20NO4-. The summed E-state index contributed by atoms with van der Waals surface area (Å²) in [6, 6.07) is 6.61. The van der Waals surface area contributed by atoms with Crippen LogP contribution in [0.5, 0.6) is 0 Å². The van der Waals surface area contributed by atoms with Gasteiger partial charge in [-0.05, 0) is 38.8 Å². The largest absolute Gasteiger partial charge is 0.550 e. The summed E-state index contributed by atoms with van der Waals surface area (Å²) >= 11 is 0. The molecule has 0 unspecified atom stereocenters. The Morgan fingerprint density at radius 3 is 2.40 bits per heavy atom. The van der Waals surface area contributed by atoms with Crippen molar-refractivity contribution in [3.8, 4) is 0 Å². The molecule has 5 heteroatoms. The monoisotopic (exact) mass is 278 g/mol. The van der Waals surface area contributed by atoms with Gasteiger partial charge in [0.2, 0.25) is 0 Å². The number of hydrogen-bond acceptors (Lipinski definition) is 4. The lowest BCUT2D eigenvalue weighted by Gasteiger charge is -2.25. The van der Waals surface area contributed by atoms with Crippen molar-refractivity contribution >= 4 is 12.1 Å². The van der Waals surface area contributed by atoms with Crippen molar-refractivity contribution in [3.63, 3.8) is 0 Å². The highest BCUT2D eigenvalue weighted by Crippen LogP contribution is 2.21. The van der Waals surface area contributed by atoms with Crippen molar-refractivity contribution in [1.29, 1.82) is 0 Å². The molecule has 0 fully saturated rings. The average molecular weight is 278 g/mol. The Bertz CT molecular complexity index is 491. The van der Waals surface area contributed by atoms with Gasteiger partial charge in [0.05, 0.1) is 6.04 Å². The maximum atomic E-state index is 11.8. The summed E-state index contributed by atoms with van der Waals surface area (Å²) in [5.74, 6) is -1.23. The second-order valence-corrected chi connectivity index (χ2v) is 5.63. The van der Waals surface area contributed by atoms with Crippen LogP contribution in [0.3, 0.4) is 0 Å². The van der Waals surface area contributed by atoms with E-state index in [1.54, 1.807) is 32.9 Å². The number of amides is 1. The van der Waals surface area contributed by atoms with Crippen LogP contribution in [-0.4, -0.2) is 17.7 Å². The van der Waals surface area contributed by atoms with Gasteiger partial charge in [0.15, 0.2) is 0 Å². The third-order valence-corrected chi connectivity index (χ3v) is 2.63. The highest BCUT2D eigenvalue weighted by atomic mass is 16.6. The molecule has 0 aliphatic carbocycles. The van der Waals surface area contributed by atoms with Gasteiger partial charge in [-0.1, -0.05) is 24.3 Å². The average Bonchev–Trinajstić information content (AvgIpc) is 2.25. The van der Waals surface area contributed by atoms with Crippen molar-refractivity contribution < 1.29 is 19.4 Å². The summed E-state index contributed by atoms with van der Waals surface area (Å²) in [7, 11) is 0. The number of aliphatic carboxylic acids is 1. The van der Waals surface area contributed by atoms with Crippen LogP contribution in [-0.2, 0) is 9.53 Å². The summed E-state index contributed by atoms with van der Waals surface area (Å²) in [5.41, 5.74) is 0.999. The highest BCUT2D eigenvalue weighted by Gasteiger charge is 2.21. The van der Waals surface area contributed by atoms with E-state index in [0.717, 1.165) is 11.1 Å². The van der Waals surface area contributed by atoms with Gasteiger partial charge < -0.3 is 20.0 Å². The second kappa shape index (κ2) is 6.41. The Hall–Kier alpha value is -2.04. The van der Waals surface area contributed by atoms with Crippen LogP contribution in [0.4, 0.5) is 4.79 Å². The number of carboxylic acids is 1. The van der Waals surface area contributed by atoms with Gasteiger partial charge in [-0.3, -0.25) is 0 Å². The van der Waals surface area contributed by atoms with E-state index in [9.17, 15) is 14.7 Å². The number of aryl methyl sites for hydroxylation is 1. The Kier molecular flexibility index (Phi) is 5.13. The van der Waals surface area contributed by atoms with E-state index in [1.165, 1.54) is 0 Å². The fourth-order valence-corrected chi connectivity index (χ4v) is 1.83. The first kappa shape index (κ1) is 16.0. The molecule has 20 heavy (non-hydrogen) atoms. The summed E-state index contributed by atoms with van der Waals surface area (Å²) in [5, 5.41) is 13.4. The van der Waals surface area contributed by atoms with Crippen molar-refractivity contribution in [3.05, 3.63) is 35.4 Å². The van der Waals surface area contributed by atoms with Gasteiger partial charge in [0.1, 0.15) is 5.60 Å². The lowest BCUT2D eigenvalue weighted by Crippen LogP contribution is -2.38. The fourth-order valence-electron chi connectivity index (χ4n) is 1.83. The van der Waals surface area contributed by atoms with Crippen LogP contribution in [0.15, 0.2) is 24.3 Å². The molecule has 0 radical (unpaired) electrons. The molecule has 0 heterocycles. The zero-order chi connectivity index (χ0) is 15.3. The smallest absolute Gasteiger partial charge is 0.408 e. The summed E-state index contributed by atoms with van der Waals surface area (Å²) in [6.07, 6.45) is -0.948. The molecule has 0 saturated carbocycles. The number of ether oxygens (including phenoxy) is 1. The lowest BCUT2D eigenvalue weighted by molar-refractivity contribution is -0.306. The van der Waals surface area contributed by atoms with Crippen molar-refractivity contribution in [2.45, 2.75) is 45.8 Å². The molecule has 1 N–H and O–H groups in total. The minimum absolute atomic E-state index is 0.301. The number of carbonyl (C=O) groups is 2. The Labute approximate surface area is 118 Å². The van der Waals surface area contributed by atoms with Crippen LogP contribution in [0.25, 0.3) is 0 Å². The van der Waals surface area contributed by atoms with Gasteiger partial charge >= 0.3 is 6.09 Å². The number of alkyl carbamates (subject to hydrolysis) is 1. The Morgan fingerprint density at radius 2 is 1.90 bits per heavy atom. The molecule has 1 aromatic carbocycles. The number of benzene rings is 1. The number of carbonyl (C=O) groups excluding carboxylic acids is 2. The Balaban J connectivity index is 2.88. The van der Waals surface area contributed by atoms with E-state index in [-0.39, 0.29) is 6.42 Å². The van der Waals surface area contributed by atoms with Crippen LogP contribution in [0, 0.1) is 6.92 Å². The molecule has 0 aromatic heterocycles. The van der Waals surface area contributed by atoms with Gasteiger partial charge in [0, 0.05) is 12.4 Å². The quantitative estimate of drug-likeness (QED) is 0.909. The topological polar surface area (TPSA) is 78.5 Å². The third-order valence-electron chi connectivity index (χ3n) is 2.63. The SMILES string of the molecule is Cc1ccccc1[C@H](CC(=O)[O-])NC(=O)OC(C)(C)C. The van der Waals surface area contributed by atoms with Crippen molar-refractivity contribution in [1.82, 2.24) is 5.32 Å². The number of carboxylic acid groups (broad SMARTS) is 1. The Morgan fingerprint density at radius 1 is 1.30 bits per heavy atom. The molecule has 1 aromatic rings. The predicted molar refractivity (Wildman–Crippen MR) is 72.9 cm³/mol. The molecule has 0 aliphatic rings. The van der Waals surface area contributed by atoms with Gasteiger partial charge in [0.25, 0.3) is 0 Å². The summed E-state index contributed by atoms with van der Waals surface area (Å²) in [4.78, 5) is 22.6. The lowest BCUT2D eigenvalue weighted by atomic mass is 9.99. The summed E-state index contributed by atoms with van der Waals surface area (Å²) in [6.45, 7) is 7.09. The minimum Gasteiger partial charge on any atom is -0.550 e. The zero-order valence-corrected chi connectivity index (χ0v) is 12.2. The van der Waals surface area contributed by atoms with Crippen LogP contribution < -0.4 is 10.4 Å². The van der Waals surface area contributed by atoms with E-state index in [2.05, 4.69) is 5.32 Å². The highest BCUT2D eigenvalue weighted by molar-refractivity contribution is 5.71. The minimum atomic E-state index is -1.23. The first-order valence-corrected chi connectivity index (χ1v) is 6.44. The molecule has 0 aliphatic heterocycles. The third kappa shape index (κ3) is 5.30. The molecule has 1 amide bonds. The molecule has 110 valence electrons. The van der Waals surface area contributed by atoms with E-state index in [0.29, 0.717) is 0 Å². The molecule has 1 atom stereocenters. The first-order valence-electron chi connectivity index (χ1n) is 6.44. The van der Waals surface area contributed by atoms with Crippen LogP contribution in [0.2, 0.25) is 0 Å². The van der Waals surface area contributed by atoms with E-state index in [4.69, 9.17) is 4.74 Å². The van der Waals surface area contributed by atoms with E-state index >= 15 is 0 Å². The number of nitrogens with one attached hydrogen (secondary N) is 1.